The van der Waals surface area contributed by atoms with Crippen LogP contribution in [-0.4, -0.2) is 49.4 Å². The fourth-order valence-corrected chi connectivity index (χ4v) is 4.73. The van der Waals surface area contributed by atoms with Gasteiger partial charge in [0.15, 0.2) is 15.8 Å². The van der Waals surface area contributed by atoms with Crippen molar-refractivity contribution in [2.75, 3.05) is 25.4 Å². The van der Waals surface area contributed by atoms with Gasteiger partial charge in [0, 0.05) is 19.6 Å². The first-order valence-corrected chi connectivity index (χ1v) is 10.5. The minimum Gasteiger partial charge on any atom is -0.357 e. The number of nitrogens with zero attached hydrogens (tertiary/aromatic N) is 2. The molecule has 0 aromatic heterocycles. The van der Waals surface area contributed by atoms with E-state index in [2.05, 4.69) is 43.1 Å². The molecule has 1 aromatic rings. The minimum atomic E-state index is -3.05. The average Bonchev–Trinajstić information content (AvgIpc) is 2.48. The molecule has 0 unspecified atom stereocenters. The number of aryl methyl sites for hydroxylation is 3. The minimum absolute atomic E-state index is 0.174. The number of aliphatic imine (C=N–C) groups is 1. The molecule has 1 aromatic carbocycles. The van der Waals surface area contributed by atoms with E-state index in [0.29, 0.717) is 19.6 Å². The maximum atomic E-state index is 12.2. The summed E-state index contributed by atoms with van der Waals surface area (Å²) in [5.41, 5.74) is 5.00. The molecule has 1 aliphatic rings. The molecule has 5 nitrogen and oxygen atoms in total. The molecule has 1 saturated heterocycles. The fourth-order valence-electron chi connectivity index (χ4n) is 3.36. The highest BCUT2D eigenvalue weighted by Gasteiger charge is 2.40. The summed E-state index contributed by atoms with van der Waals surface area (Å²) in [5.74, 6) is 0.970. The summed E-state index contributed by atoms with van der Waals surface area (Å²) in [7, 11) is -3.05. The van der Waals surface area contributed by atoms with Crippen LogP contribution in [0.15, 0.2) is 17.1 Å². The van der Waals surface area contributed by atoms with Gasteiger partial charge in [0.1, 0.15) is 0 Å². The lowest BCUT2D eigenvalue weighted by atomic mass is 10.00. The van der Waals surface area contributed by atoms with Gasteiger partial charge in [-0.2, -0.15) is 0 Å². The predicted octanol–water partition coefficient (Wildman–Crippen LogP) is 2.59. The van der Waals surface area contributed by atoms with E-state index in [0.717, 1.165) is 12.5 Å². The van der Waals surface area contributed by atoms with Crippen LogP contribution in [0.2, 0.25) is 0 Å². The average molecular weight is 366 g/mol. The molecule has 6 heteroatoms. The summed E-state index contributed by atoms with van der Waals surface area (Å²) in [6.07, 6.45) is 0. The summed E-state index contributed by atoms with van der Waals surface area (Å²) in [5, 5.41) is 3.32. The zero-order valence-corrected chi connectivity index (χ0v) is 17.1. The zero-order chi connectivity index (χ0) is 18.8. The molecule has 25 heavy (non-hydrogen) atoms. The van der Waals surface area contributed by atoms with Gasteiger partial charge in [-0.25, -0.2) is 13.4 Å². The highest BCUT2D eigenvalue weighted by atomic mass is 32.2. The Bertz CT molecular complexity index is 744. The first-order chi connectivity index (χ1) is 11.6. The smallest absolute Gasteiger partial charge is 0.194 e. The Morgan fingerprint density at radius 2 is 1.84 bits per heavy atom. The lowest BCUT2D eigenvalue weighted by Gasteiger charge is -2.39. The summed E-state index contributed by atoms with van der Waals surface area (Å²) >= 11 is 0. The van der Waals surface area contributed by atoms with Gasteiger partial charge in [0.25, 0.3) is 0 Å². The number of guanidine groups is 1. The van der Waals surface area contributed by atoms with Gasteiger partial charge in [0.05, 0.1) is 17.0 Å². The van der Waals surface area contributed by atoms with Crippen molar-refractivity contribution in [3.63, 3.8) is 0 Å². The van der Waals surface area contributed by atoms with E-state index in [1.54, 1.807) is 13.8 Å². The van der Waals surface area contributed by atoms with Gasteiger partial charge in [-0.3, -0.25) is 0 Å². The van der Waals surface area contributed by atoms with Crippen LogP contribution in [0.1, 0.15) is 43.0 Å². The zero-order valence-electron chi connectivity index (χ0n) is 16.3. The normalized spacial score (nSPS) is 19.8. The topological polar surface area (TPSA) is 61.8 Å². The number of benzene rings is 1. The Morgan fingerprint density at radius 3 is 2.36 bits per heavy atom. The lowest BCUT2D eigenvalue weighted by molar-refractivity contribution is 0.353. The number of hydrogen-bond acceptors (Lipinski definition) is 3. The molecule has 1 fully saturated rings. The SMILES string of the molecule is CCNC(=NCc1c(C)cc(C)cc1C)N1CCS(=O)(=O)C(C)(C)C1. The first kappa shape index (κ1) is 19.8. The van der Waals surface area contributed by atoms with Crippen molar-refractivity contribution in [1.29, 1.82) is 0 Å². The summed E-state index contributed by atoms with van der Waals surface area (Å²) in [6.45, 7) is 14.3. The van der Waals surface area contributed by atoms with Crippen molar-refractivity contribution >= 4 is 15.8 Å². The van der Waals surface area contributed by atoms with E-state index >= 15 is 0 Å². The van der Waals surface area contributed by atoms with E-state index in [-0.39, 0.29) is 5.75 Å². The van der Waals surface area contributed by atoms with Gasteiger partial charge in [-0.05, 0) is 58.2 Å². The van der Waals surface area contributed by atoms with Crippen molar-refractivity contribution < 1.29 is 8.42 Å². The molecule has 0 aliphatic carbocycles. The molecule has 0 radical (unpaired) electrons. The van der Waals surface area contributed by atoms with E-state index in [9.17, 15) is 8.42 Å². The molecule has 0 bridgehead atoms. The Morgan fingerprint density at radius 1 is 1.24 bits per heavy atom. The van der Waals surface area contributed by atoms with Crippen LogP contribution in [0.4, 0.5) is 0 Å². The van der Waals surface area contributed by atoms with Crippen LogP contribution < -0.4 is 5.32 Å². The predicted molar refractivity (Wildman–Crippen MR) is 105 cm³/mol. The molecule has 140 valence electrons. The molecular formula is C19H31N3O2S. The van der Waals surface area contributed by atoms with Gasteiger partial charge in [-0.15, -0.1) is 0 Å². The summed E-state index contributed by atoms with van der Waals surface area (Å²) in [4.78, 5) is 6.88. The van der Waals surface area contributed by atoms with Crippen molar-refractivity contribution in [1.82, 2.24) is 10.2 Å². The third-order valence-corrected chi connectivity index (χ3v) is 7.44. The van der Waals surface area contributed by atoms with Crippen molar-refractivity contribution in [2.45, 2.75) is 52.8 Å². The maximum Gasteiger partial charge on any atom is 0.194 e. The molecular weight excluding hydrogens is 334 g/mol. The number of hydrogen-bond donors (Lipinski definition) is 1. The molecule has 0 amide bonds. The van der Waals surface area contributed by atoms with Crippen molar-refractivity contribution in [3.05, 3.63) is 34.4 Å². The van der Waals surface area contributed by atoms with Crippen LogP contribution in [0.5, 0.6) is 0 Å². The molecule has 1 heterocycles. The molecule has 1 N–H and O–H groups in total. The monoisotopic (exact) mass is 365 g/mol. The summed E-state index contributed by atoms with van der Waals surface area (Å²) in [6, 6.07) is 4.36. The number of nitrogens with one attached hydrogen (secondary N) is 1. The van der Waals surface area contributed by atoms with Crippen LogP contribution >= 0.6 is 0 Å². The molecule has 0 saturated carbocycles. The Labute approximate surface area is 152 Å². The lowest BCUT2D eigenvalue weighted by Crippen LogP contribution is -2.57. The second-order valence-electron chi connectivity index (χ2n) is 7.55. The molecule has 2 rings (SSSR count). The van der Waals surface area contributed by atoms with Gasteiger partial charge < -0.3 is 10.2 Å². The van der Waals surface area contributed by atoms with E-state index < -0.39 is 14.6 Å². The van der Waals surface area contributed by atoms with Gasteiger partial charge in [0.2, 0.25) is 0 Å². The fraction of sp³-hybridized carbons (Fsp3) is 0.632. The van der Waals surface area contributed by atoms with E-state index in [1.165, 1.54) is 22.3 Å². The third-order valence-electron chi connectivity index (χ3n) is 4.91. The van der Waals surface area contributed by atoms with Crippen molar-refractivity contribution in [2.24, 2.45) is 4.99 Å². The number of rotatable bonds is 3. The van der Waals surface area contributed by atoms with Gasteiger partial charge >= 0.3 is 0 Å². The molecule has 0 spiro atoms. The Balaban J connectivity index is 2.25. The van der Waals surface area contributed by atoms with E-state index in [1.807, 2.05) is 6.92 Å². The second-order valence-corrected chi connectivity index (χ2v) is 10.3. The first-order valence-electron chi connectivity index (χ1n) is 8.89. The van der Waals surface area contributed by atoms with Crippen molar-refractivity contribution in [3.8, 4) is 0 Å². The largest absolute Gasteiger partial charge is 0.357 e. The van der Waals surface area contributed by atoms with Crippen LogP contribution in [0.3, 0.4) is 0 Å². The quantitative estimate of drug-likeness (QED) is 0.661. The van der Waals surface area contributed by atoms with Gasteiger partial charge in [-0.1, -0.05) is 17.7 Å². The second kappa shape index (κ2) is 7.36. The highest BCUT2D eigenvalue weighted by Crippen LogP contribution is 2.24. The van der Waals surface area contributed by atoms with Crippen LogP contribution in [-0.2, 0) is 16.4 Å². The van der Waals surface area contributed by atoms with Crippen LogP contribution in [0.25, 0.3) is 0 Å². The Kier molecular flexibility index (Phi) is 5.82. The maximum absolute atomic E-state index is 12.2. The Hall–Kier alpha value is -1.56. The number of sulfone groups is 1. The van der Waals surface area contributed by atoms with E-state index in [4.69, 9.17) is 4.99 Å². The molecule has 1 aliphatic heterocycles. The molecule has 0 atom stereocenters. The standard InChI is InChI=1S/C19H31N3O2S/c1-7-20-18(22-8-9-25(23,24)19(5,6)13-22)21-12-17-15(3)10-14(2)11-16(17)4/h10-11H,7-9,12-13H2,1-6H3,(H,20,21). The third kappa shape index (κ3) is 4.35. The van der Waals surface area contributed by atoms with Crippen LogP contribution in [0, 0.1) is 20.8 Å². The summed E-state index contributed by atoms with van der Waals surface area (Å²) < 4.78 is 23.7. The highest BCUT2D eigenvalue weighted by molar-refractivity contribution is 7.92.